The maximum atomic E-state index is 2.20. The van der Waals surface area contributed by atoms with E-state index in [4.69, 9.17) is 0 Å². The molecule has 0 unspecified atom stereocenters. The fourth-order valence-corrected chi connectivity index (χ4v) is 0.869. The first-order chi connectivity index (χ1) is 3.93. The molecule has 0 atom stereocenters. The van der Waals surface area contributed by atoms with Crippen molar-refractivity contribution in [2.45, 2.75) is 19.8 Å². The molecule has 11 heavy (non-hydrogen) atoms. The van der Waals surface area contributed by atoms with E-state index in [0.717, 1.165) is 0 Å². The predicted molar refractivity (Wildman–Crippen MR) is 48.9 cm³/mol. The quantitative estimate of drug-likeness (QED) is 0.682. The molecule has 0 N–H and O–H groups in total. The van der Waals surface area contributed by atoms with Crippen LogP contribution in [0.25, 0.3) is 0 Å². The van der Waals surface area contributed by atoms with E-state index in [0.29, 0.717) is 0 Å². The summed E-state index contributed by atoms with van der Waals surface area (Å²) in [7, 11) is 0. The molecule has 0 aliphatic rings. The molecule has 0 aliphatic heterocycles. The Morgan fingerprint density at radius 2 is 1.55 bits per heavy atom. The van der Waals surface area contributed by atoms with Crippen LogP contribution in [0, 0.1) is 14.9 Å². The van der Waals surface area contributed by atoms with Crippen molar-refractivity contribution >= 4 is 0 Å². The monoisotopic (exact) mass is 227 g/mol. The molecule has 0 fully saturated rings. The summed E-state index contributed by atoms with van der Waals surface area (Å²) in [5.74, 6) is 0. The van der Waals surface area contributed by atoms with E-state index in [1.54, 1.807) is 0 Å². The van der Waals surface area contributed by atoms with Gasteiger partial charge in [0.05, 0.1) is 0 Å². The van der Waals surface area contributed by atoms with Gasteiger partial charge in [-0.25, -0.2) is 12.1 Å². The summed E-state index contributed by atoms with van der Waals surface area (Å²) in [6.45, 7) is 2.20. The fourth-order valence-electron chi connectivity index (χ4n) is 0.869. The minimum atomic E-state index is 0. The first-order valence-corrected chi connectivity index (χ1v) is 3.14. The summed E-state index contributed by atoms with van der Waals surface area (Å²) in [5, 5.41) is 0. The van der Waals surface area contributed by atoms with Crippen molar-refractivity contribution in [1.82, 2.24) is 0 Å². The third kappa shape index (κ3) is 6.62. The molecule has 1 rings (SSSR count). The molecule has 0 saturated heterocycles. The molecule has 61 valence electrons. The van der Waals surface area contributed by atoms with Gasteiger partial charge in [-0.3, -0.25) is 0 Å². The van der Waals surface area contributed by atoms with Crippen molar-refractivity contribution < 1.29 is 26.2 Å². The van der Waals surface area contributed by atoms with Gasteiger partial charge in [0.25, 0.3) is 0 Å². The van der Waals surface area contributed by atoms with Gasteiger partial charge in [0.1, 0.15) is 0 Å². The molecular formula is C10H17Zr. The predicted octanol–water partition coefficient (Wildman–Crippen LogP) is 3.26. The molecule has 0 bridgehead atoms. The van der Waals surface area contributed by atoms with Crippen LogP contribution in [0.5, 0.6) is 0 Å². The number of aryl methyl sites for hydroxylation is 1. The minimum absolute atomic E-state index is 0. The summed E-state index contributed by atoms with van der Waals surface area (Å²) in [6, 6.07) is 8.52. The van der Waals surface area contributed by atoms with Crippen LogP contribution in [0.2, 0.25) is 0 Å². The minimum Gasteiger partial charge on any atom is -0.358 e. The molecule has 0 saturated carbocycles. The van der Waals surface area contributed by atoms with E-state index < -0.39 is 0 Å². The number of hydrogen-bond donors (Lipinski definition) is 0. The topological polar surface area (TPSA) is 0 Å². The normalized spacial score (nSPS) is 7.00. The van der Waals surface area contributed by atoms with Crippen LogP contribution in [-0.2, 0) is 32.6 Å². The second-order valence-electron chi connectivity index (χ2n) is 2.04. The van der Waals surface area contributed by atoms with Crippen molar-refractivity contribution in [3.63, 3.8) is 0 Å². The van der Waals surface area contributed by atoms with Crippen molar-refractivity contribution in [3.8, 4) is 0 Å². The second-order valence-corrected chi connectivity index (χ2v) is 2.04. The Kier molecular flexibility index (Phi) is 16.1. The van der Waals surface area contributed by atoms with Gasteiger partial charge in [0.15, 0.2) is 0 Å². The third-order valence-corrected chi connectivity index (χ3v) is 1.27. The Hall–Kier alpha value is 0.233. The average molecular weight is 228 g/mol. The largest absolute Gasteiger partial charge is 3.00 e. The molecule has 1 heteroatoms. The van der Waals surface area contributed by atoms with E-state index >= 15 is 0 Å². The van der Waals surface area contributed by atoms with Crippen LogP contribution in [0.1, 0.15) is 18.9 Å². The molecule has 0 amide bonds. The van der Waals surface area contributed by atoms with Gasteiger partial charge in [0.2, 0.25) is 0 Å². The van der Waals surface area contributed by atoms with Gasteiger partial charge >= 0.3 is 26.2 Å². The molecule has 1 aromatic carbocycles. The van der Waals surface area contributed by atoms with Crippen molar-refractivity contribution in [3.05, 3.63) is 44.7 Å². The smallest absolute Gasteiger partial charge is 0.358 e. The molecule has 1 aromatic rings. The van der Waals surface area contributed by atoms with E-state index in [2.05, 4.69) is 31.2 Å². The molecule has 0 aromatic heterocycles. The zero-order chi connectivity index (χ0) is 5.82. The van der Waals surface area contributed by atoms with Gasteiger partial charge in [-0.05, 0) is 0 Å². The molecule has 0 aliphatic carbocycles. The number of hydrogen-bond acceptors (Lipinski definition) is 0. The Balaban J connectivity index is -0.000000213. The van der Waals surface area contributed by atoms with Gasteiger partial charge in [-0.1, -0.05) is 19.8 Å². The molecular weight excluding hydrogens is 211 g/mol. The third-order valence-electron chi connectivity index (χ3n) is 1.27. The average Bonchev–Trinajstić information content (AvgIpc) is 2.19. The SMILES string of the molecule is CCC[c-]1cccc1.[CH3-].[CH3-].[Zr+3]. The van der Waals surface area contributed by atoms with Crippen LogP contribution < -0.4 is 0 Å². The summed E-state index contributed by atoms with van der Waals surface area (Å²) >= 11 is 0. The van der Waals surface area contributed by atoms with Crippen LogP contribution >= 0.6 is 0 Å². The van der Waals surface area contributed by atoms with Gasteiger partial charge in [-0.2, -0.15) is 17.7 Å². The Morgan fingerprint density at radius 3 is 1.91 bits per heavy atom. The Morgan fingerprint density at radius 1 is 1.09 bits per heavy atom. The first-order valence-electron chi connectivity index (χ1n) is 3.14. The van der Waals surface area contributed by atoms with E-state index in [1.807, 2.05) is 0 Å². The fraction of sp³-hybridized carbons (Fsp3) is 0.300. The summed E-state index contributed by atoms with van der Waals surface area (Å²) < 4.78 is 0. The second kappa shape index (κ2) is 10.2. The van der Waals surface area contributed by atoms with Crippen LogP contribution in [0.3, 0.4) is 0 Å². The maximum Gasteiger partial charge on any atom is 3.00 e. The molecule has 0 nitrogen and oxygen atoms in total. The van der Waals surface area contributed by atoms with Gasteiger partial charge in [-0.15, -0.1) is 0 Å². The molecule has 1 radical (unpaired) electrons. The van der Waals surface area contributed by atoms with Gasteiger partial charge in [0, 0.05) is 0 Å². The standard InChI is InChI=1S/C8H11.2CH3.Zr/c1-2-5-8-6-3-4-7-8;;;/h3-4,6-7H,2,5H2,1H3;2*1H3;/q3*-1;+3. The van der Waals surface area contributed by atoms with Crippen LogP contribution in [-0.4, -0.2) is 0 Å². The Bertz CT molecular complexity index is 131. The van der Waals surface area contributed by atoms with Crippen molar-refractivity contribution in [2.24, 2.45) is 0 Å². The summed E-state index contributed by atoms with van der Waals surface area (Å²) in [5.41, 5.74) is 1.47. The van der Waals surface area contributed by atoms with Crippen LogP contribution in [0.15, 0.2) is 24.3 Å². The Labute approximate surface area is 90.5 Å². The van der Waals surface area contributed by atoms with Gasteiger partial charge < -0.3 is 14.9 Å². The maximum absolute atomic E-state index is 2.20. The molecule has 0 spiro atoms. The molecule has 0 heterocycles. The van der Waals surface area contributed by atoms with Crippen LogP contribution in [0.4, 0.5) is 0 Å². The number of rotatable bonds is 2. The summed E-state index contributed by atoms with van der Waals surface area (Å²) in [6.07, 6.45) is 2.48. The van der Waals surface area contributed by atoms with E-state index in [1.165, 1.54) is 18.4 Å². The summed E-state index contributed by atoms with van der Waals surface area (Å²) in [4.78, 5) is 0. The van der Waals surface area contributed by atoms with E-state index in [9.17, 15) is 0 Å². The van der Waals surface area contributed by atoms with Crippen molar-refractivity contribution in [2.75, 3.05) is 0 Å². The van der Waals surface area contributed by atoms with Crippen molar-refractivity contribution in [1.29, 1.82) is 0 Å². The van der Waals surface area contributed by atoms with E-state index in [-0.39, 0.29) is 41.1 Å². The zero-order valence-electron chi connectivity index (χ0n) is 7.72. The first kappa shape index (κ1) is 17.4. The zero-order valence-corrected chi connectivity index (χ0v) is 10.2.